The molecule has 0 saturated carbocycles. The van der Waals surface area contributed by atoms with Crippen LogP contribution in [-0.4, -0.2) is 35.6 Å². The predicted octanol–water partition coefficient (Wildman–Crippen LogP) is 3.97. The van der Waals surface area contributed by atoms with Gasteiger partial charge in [-0.15, -0.1) is 0 Å². The first-order valence-electron chi connectivity index (χ1n) is 10.1. The monoisotopic (exact) mass is 491 g/mol. The molecule has 0 fully saturated rings. The summed E-state index contributed by atoms with van der Waals surface area (Å²) < 4.78 is 14.0. The summed E-state index contributed by atoms with van der Waals surface area (Å²) in [5.41, 5.74) is 9.03. The summed E-state index contributed by atoms with van der Waals surface area (Å²) in [5, 5.41) is 10.7. The Bertz CT molecular complexity index is 902. The molecule has 0 radical (unpaired) electrons. The number of nitrogens with zero attached hydrogens (tertiary/aromatic N) is 5. The summed E-state index contributed by atoms with van der Waals surface area (Å²) in [6.45, 7) is 5.50. The average Bonchev–Trinajstić information content (AvgIpc) is 2.74. The number of hydrazine groups is 1. The van der Waals surface area contributed by atoms with Crippen LogP contribution in [0.4, 0.5) is 20.7 Å². The quantitative estimate of drug-likeness (QED) is 0.384. The van der Waals surface area contributed by atoms with Crippen molar-refractivity contribution in [2.75, 3.05) is 29.5 Å². The van der Waals surface area contributed by atoms with Crippen LogP contribution in [0.3, 0.4) is 0 Å². The second-order valence-electron chi connectivity index (χ2n) is 7.38. The highest BCUT2D eigenvalue weighted by atomic mass is 79.9. The highest BCUT2D eigenvalue weighted by molar-refractivity contribution is 9.10. The van der Waals surface area contributed by atoms with E-state index in [1.807, 2.05) is 19.9 Å². The van der Waals surface area contributed by atoms with Crippen LogP contribution >= 0.6 is 15.9 Å². The van der Waals surface area contributed by atoms with Crippen LogP contribution in [-0.2, 0) is 0 Å². The van der Waals surface area contributed by atoms with Crippen LogP contribution in [0.25, 0.3) is 0 Å². The second-order valence-corrected chi connectivity index (χ2v) is 8.23. The molecule has 2 amide bonds. The van der Waals surface area contributed by atoms with E-state index in [1.165, 1.54) is 18.3 Å². The van der Waals surface area contributed by atoms with Gasteiger partial charge in [0.1, 0.15) is 11.9 Å². The molecule has 0 saturated heterocycles. The number of rotatable bonds is 10. The van der Waals surface area contributed by atoms with E-state index < -0.39 is 0 Å². The van der Waals surface area contributed by atoms with Gasteiger partial charge in [0.15, 0.2) is 5.82 Å². The molecule has 10 heteroatoms. The van der Waals surface area contributed by atoms with Crippen LogP contribution in [0.1, 0.15) is 38.9 Å². The number of aromatic nitrogens is 2. The maximum absolute atomic E-state index is 13.4. The molecule has 0 bridgehead atoms. The van der Waals surface area contributed by atoms with Crippen molar-refractivity contribution in [1.29, 1.82) is 5.26 Å². The summed E-state index contributed by atoms with van der Waals surface area (Å²) in [5.74, 6) is 0.202. The third-order valence-electron chi connectivity index (χ3n) is 4.33. The van der Waals surface area contributed by atoms with E-state index in [0.29, 0.717) is 35.6 Å². The number of nitrogens with two attached hydrogens (primary N) is 1. The Morgan fingerprint density at radius 2 is 2.00 bits per heavy atom. The Balaban J connectivity index is 2.29. The van der Waals surface area contributed by atoms with Gasteiger partial charge >= 0.3 is 6.03 Å². The summed E-state index contributed by atoms with van der Waals surface area (Å²) >= 11 is 3.39. The van der Waals surface area contributed by atoms with Crippen LogP contribution < -0.4 is 21.1 Å². The third kappa shape index (κ3) is 7.45. The van der Waals surface area contributed by atoms with Crippen molar-refractivity contribution in [3.63, 3.8) is 0 Å². The SMILES string of the molecule is CC(C)CN(NC(=O)N(CCCCCN)c1ccc(F)cc1)c1nc(C#N)ncc1Br. The highest BCUT2D eigenvalue weighted by Crippen LogP contribution is 2.23. The Kier molecular flexibility index (Phi) is 9.62. The van der Waals surface area contributed by atoms with E-state index in [2.05, 4.69) is 31.3 Å². The summed E-state index contributed by atoms with van der Waals surface area (Å²) in [4.78, 5) is 23.0. The number of amides is 2. The molecule has 0 unspecified atom stereocenters. The van der Waals surface area contributed by atoms with Crippen LogP contribution in [0.15, 0.2) is 34.9 Å². The minimum absolute atomic E-state index is 0.00150. The molecule has 166 valence electrons. The molecule has 0 aliphatic carbocycles. The van der Waals surface area contributed by atoms with Gasteiger partial charge in [-0.2, -0.15) is 10.2 Å². The van der Waals surface area contributed by atoms with E-state index in [0.717, 1.165) is 19.3 Å². The average molecular weight is 492 g/mol. The smallest absolute Gasteiger partial charge is 0.330 e. The molecule has 1 aromatic heterocycles. The number of carbonyl (C=O) groups excluding carboxylic acids is 1. The van der Waals surface area contributed by atoms with Gasteiger partial charge in [-0.05, 0) is 65.5 Å². The molecule has 31 heavy (non-hydrogen) atoms. The number of hydrogen-bond donors (Lipinski definition) is 2. The highest BCUT2D eigenvalue weighted by Gasteiger charge is 2.22. The van der Waals surface area contributed by atoms with Crippen molar-refractivity contribution in [3.8, 4) is 6.07 Å². The maximum Gasteiger partial charge on any atom is 0.340 e. The standard InChI is InChI=1S/C21H27BrFN7O/c1-15(2)14-30(20-18(22)13-26-19(12-25)27-20)28-21(31)29(11-5-3-4-10-24)17-8-6-16(23)7-9-17/h6-9,13,15H,3-5,10-11,14,24H2,1-2H3,(H,28,31). The fourth-order valence-corrected chi connectivity index (χ4v) is 3.29. The molecule has 0 atom stereocenters. The molecule has 3 N–H and O–H groups in total. The zero-order valence-electron chi connectivity index (χ0n) is 17.7. The van der Waals surface area contributed by atoms with Crippen molar-refractivity contribution in [2.24, 2.45) is 11.7 Å². The van der Waals surface area contributed by atoms with Gasteiger partial charge in [0.25, 0.3) is 0 Å². The Morgan fingerprint density at radius 3 is 2.61 bits per heavy atom. The fraction of sp³-hybridized carbons (Fsp3) is 0.429. The minimum atomic E-state index is -0.385. The van der Waals surface area contributed by atoms with E-state index in [1.54, 1.807) is 22.0 Å². The van der Waals surface area contributed by atoms with Gasteiger partial charge in [-0.25, -0.2) is 19.6 Å². The van der Waals surface area contributed by atoms with E-state index in [9.17, 15) is 9.18 Å². The summed E-state index contributed by atoms with van der Waals surface area (Å²) in [6, 6.07) is 7.31. The number of hydrogen-bond acceptors (Lipinski definition) is 6. The first kappa shape index (κ1) is 24.5. The first-order chi connectivity index (χ1) is 14.8. The van der Waals surface area contributed by atoms with Gasteiger partial charge in [-0.3, -0.25) is 9.91 Å². The number of nitriles is 1. The van der Waals surface area contributed by atoms with Crippen molar-refractivity contribution in [3.05, 3.63) is 46.6 Å². The summed E-state index contributed by atoms with van der Waals surface area (Å²) in [6.07, 6.45) is 3.97. The molecule has 0 aliphatic heterocycles. The number of urea groups is 1. The molecular weight excluding hydrogens is 465 g/mol. The molecule has 0 aliphatic rings. The Labute approximate surface area is 190 Å². The first-order valence-corrected chi connectivity index (χ1v) is 10.9. The topological polar surface area (TPSA) is 111 Å². The second kappa shape index (κ2) is 12.2. The van der Waals surface area contributed by atoms with Gasteiger partial charge in [0, 0.05) is 25.0 Å². The van der Waals surface area contributed by atoms with E-state index >= 15 is 0 Å². The number of unbranched alkanes of at least 4 members (excludes halogenated alkanes) is 2. The van der Waals surface area contributed by atoms with Crippen LogP contribution in [0.5, 0.6) is 0 Å². The lowest BCUT2D eigenvalue weighted by molar-refractivity contribution is 0.244. The molecule has 0 spiro atoms. The maximum atomic E-state index is 13.4. The number of carbonyl (C=O) groups is 1. The van der Waals surface area contributed by atoms with Gasteiger partial charge in [0.2, 0.25) is 5.82 Å². The molecule has 1 heterocycles. The number of benzene rings is 1. The number of halogens is 2. The van der Waals surface area contributed by atoms with Crippen molar-refractivity contribution in [2.45, 2.75) is 33.1 Å². The van der Waals surface area contributed by atoms with Gasteiger partial charge < -0.3 is 5.73 Å². The fourth-order valence-electron chi connectivity index (χ4n) is 2.89. The number of anilines is 2. The lowest BCUT2D eigenvalue weighted by Crippen LogP contribution is -2.51. The minimum Gasteiger partial charge on any atom is -0.330 e. The van der Waals surface area contributed by atoms with Crippen LogP contribution in [0, 0.1) is 23.1 Å². The zero-order valence-corrected chi connectivity index (χ0v) is 19.3. The largest absolute Gasteiger partial charge is 0.340 e. The Hall–Kier alpha value is -2.77. The number of nitrogens with one attached hydrogen (secondary N) is 1. The van der Waals surface area contributed by atoms with Crippen molar-refractivity contribution >= 4 is 33.5 Å². The predicted molar refractivity (Wildman–Crippen MR) is 122 cm³/mol. The van der Waals surface area contributed by atoms with Crippen molar-refractivity contribution in [1.82, 2.24) is 15.4 Å². The Morgan fingerprint density at radius 1 is 1.29 bits per heavy atom. The molecule has 2 rings (SSSR count). The van der Waals surface area contributed by atoms with Crippen LogP contribution in [0.2, 0.25) is 0 Å². The van der Waals surface area contributed by atoms with Gasteiger partial charge in [0.05, 0.1) is 4.47 Å². The molecule has 8 nitrogen and oxygen atoms in total. The lowest BCUT2D eigenvalue weighted by Gasteiger charge is -2.31. The summed E-state index contributed by atoms with van der Waals surface area (Å²) in [7, 11) is 0. The third-order valence-corrected chi connectivity index (χ3v) is 4.89. The lowest BCUT2D eigenvalue weighted by atomic mass is 10.2. The molecule has 2 aromatic rings. The van der Waals surface area contributed by atoms with E-state index in [4.69, 9.17) is 11.0 Å². The van der Waals surface area contributed by atoms with E-state index in [-0.39, 0.29) is 23.6 Å². The van der Waals surface area contributed by atoms with Gasteiger partial charge in [-0.1, -0.05) is 20.3 Å². The molecule has 1 aromatic carbocycles. The van der Waals surface area contributed by atoms with Crippen molar-refractivity contribution < 1.29 is 9.18 Å². The normalized spacial score (nSPS) is 10.6. The zero-order chi connectivity index (χ0) is 22.8. The molecular formula is C21H27BrFN7O.